The van der Waals surface area contributed by atoms with Crippen LogP contribution in [0, 0.1) is 6.92 Å². The Morgan fingerprint density at radius 2 is 1.85 bits per heavy atom. The van der Waals surface area contributed by atoms with Gasteiger partial charge in [-0.1, -0.05) is 35.9 Å². The second kappa shape index (κ2) is 8.77. The van der Waals surface area contributed by atoms with Gasteiger partial charge in [-0.2, -0.15) is 0 Å². The van der Waals surface area contributed by atoms with Gasteiger partial charge in [-0.05, 0) is 37.6 Å². The molecule has 0 fully saturated rings. The van der Waals surface area contributed by atoms with Gasteiger partial charge in [-0.3, -0.25) is 9.59 Å². The van der Waals surface area contributed by atoms with Crippen LogP contribution in [-0.2, 0) is 16.1 Å². The van der Waals surface area contributed by atoms with Crippen LogP contribution in [0.4, 0.5) is 5.69 Å². The van der Waals surface area contributed by atoms with Crippen LogP contribution in [0.3, 0.4) is 0 Å². The first-order valence-corrected chi connectivity index (χ1v) is 9.73. The minimum absolute atomic E-state index is 0.183. The van der Waals surface area contributed by atoms with Gasteiger partial charge in [-0.25, -0.2) is 0 Å². The van der Waals surface area contributed by atoms with Crippen LogP contribution in [-0.4, -0.2) is 24.2 Å². The predicted octanol–water partition coefficient (Wildman–Crippen LogP) is 3.86. The molecular weight excluding hydrogens is 360 g/mol. The predicted molar refractivity (Wildman–Crippen MR) is 109 cm³/mol. The molecule has 0 saturated heterocycles. The molecule has 5 nitrogen and oxygen atoms in total. The van der Waals surface area contributed by atoms with Crippen molar-refractivity contribution in [3.8, 4) is 0 Å². The molecule has 1 heterocycles. The van der Waals surface area contributed by atoms with E-state index >= 15 is 0 Å². The van der Waals surface area contributed by atoms with Crippen LogP contribution < -0.4 is 10.6 Å². The van der Waals surface area contributed by atoms with Crippen molar-refractivity contribution in [2.45, 2.75) is 20.4 Å². The zero-order chi connectivity index (χ0) is 19.2. The van der Waals surface area contributed by atoms with Gasteiger partial charge in [0, 0.05) is 23.5 Å². The number of nitrogens with one attached hydrogen (secondary N) is 2. The van der Waals surface area contributed by atoms with E-state index in [1.165, 1.54) is 17.3 Å². The van der Waals surface area contributed by atoms with Crippen molar-refractivity contribution in [3.63, 3.8) is 0 Å². The molecule has 140 valence electrons. The molecule has 0 saturated carbocycles. The number of ether oxygens (including phenoxy) is 1. The van der Waals surface area contributed by atoms with E-state index in [1.807, 2.05) is 31.2 Å². The number of carbonyl (C=O) groups excluding carboxylic acids is 2. The Morgan fingerprint density at radius 3 is 2.59 bits per heavy atom. The third-order valence-electron chi connectivity index (χ3n) is 4.13. The number of allylic oxidation sites excluding steroid dienone is 1. The highest BCUT2D eigenvalue weighted by Crippen LogP contribution is 2.26. The number of benzene rings is 2. The Balaban J connectivity index is 1.63. The van der Waals surface area contributed by atoms with Crippen LogP contribution in [0.1, 0.15) is 28.4 Å². The summed E-state index contributed by atoms with van der Waals surface area (Å²) in [6.07, 6.45) is 0. The minimum atomic E-state index is -0.214. The number of hydrogen-bond acceptors (Lipinski definition) is 4. The topological polar surface area (TPSA) is 67.4 Å². The maximum atomic E-state index is 12.4. The van der Waals surface area contributed by atoms with Crippen molar-refractivity contribution in [2.24, 2.45) is 0 Å². The lowest BCUT2D eigenvalue weighted by molar-refractivity contribution is -0.112. The number of rotatable bonds is 5. The monoisotopic (exact) mass is 382 g/mol. The Labute approximate surface area is 163 Å². The summed E-state index contributed by atoms with van der Waals surface area (Å²) in [5.41, 5.74) is 3.29. The normalized spacial score (nSPS) is 13.7. The SMILES string of the molecule is CC1=C(C(=O)Nc2cccc(C(=O)NCc3ccc(C)cc3)c2)SCCO1. The summed E-state index contributed by atoms with van der Waals surface area (Å²) in [6.45, 7) is 4.88. The van der Waals surface area contributed by atoms with Gasteiger partial charge in [0.05, 0.1) is 6.61 Å². The molecule has 2 amide bonds. The number of anilines is 1. The van der Waals surface area contributed by atoms with Crippen LogP contribution in [0.2, 0.25) is 0 Å². The summed E-state index contributed by atoms with van der Waals surface area (Å²) in [5.74, 6) is 0.990. The van der Waals surface area contributed by atoms with Crippen molar-refractivity contribution in [2.75, 3.05) is 17.7 Å². The largest absolute Gasteiger partial charge is 0.496 e. The molecule has 1 aliphatic heterocycles. The quantitative estimate of drug-likeness (QED) is 0.824. The van der Waals surface area contributed by atoms with Crippen LogP contribution >= 0.6 is 11.8 Å². The zero-order valence-electron chi connectivity index (χ0n) is 15.4. The van der Waals surface area contributed by atoms with Crippen molar-refractivity contribution in [1.82, 2.24) is 5.32 Å². The fraction of sp³-hybridized carbons (Fsp3) is 0.238. The second-order valence-electron chi connectivity index (χ2n) is 6.29. The lowest BCUT2D eigenvalue weighted by Crippen LogP contribution is -2.23. The van der Waals surface area contributed by atoms with E-state index in [-0.39, 0.29) is 11.8 Å². The Hall–Kier alpha value is -2.73. The number of aryl methyl sites for hydroxylation is 1. The van der Waals surface area contributed by atoms with E-state index in [0.717, 1.165) is 11.3 Å². The average molecular weight is 382 g/mol. The van der Waals surface area contributed by atoms with E-state index in [9.17, 15) is 9.59 Å². The fourth-order valence-electron chi connectivity index (χ4n) is 2.65. The minimum Gasteiger partial charge on any atom is -0.496 e. The van der Waals surface area contributed by atoms with Gasteiger partial charge >= 0.3 is 0 Å². The molecular formula is C21H22N2O3S. The first kappa shape index (κ1) is 19.0. The number of hydrogen-bond donors (Lipinski definition) is 2. The molecule has 0 spiro atoms. The highest BCUT2D eigenvalue weighted by molar-refractivity contribution is 8.04. The number of amides is 2. The van der Waals surface area contributed by atoms with Gasteiger partial charge in [-0.15, -0.1) is 11.8 Å². The molecule has 2 aromatic carbocycles. The molecule has 0 unspecified atom stereocenters. The van der Waals surface area contributed by atoms with E-state index in [0.29, 0.717) is 35.1 Å². The summed E-state index contributed by atoms with van der Waals surface area (Å²) in [5, 5.41) is 5.74. The number of carbonyl (C=O) groups is 2. The first-order valence-electron chi connectivity index (χ1n) is 8.74. The molecule has 27 heavy (non-hydrogen) atoms. The van der Waals surface area contributed by atoms with E-state index < -0.39 is 0 Å². The van der Waals surface area contributed by atoms with Crippen molar-refractivity contribution >= 4 is 29.3 Å². The highest BCUT2D eigenvalue weighted by atomic mass is 32.2. The third kappa shape index (κ3) is 5.14. The van der Waals surface area contributed by atoms with Crippen LogP contribution in [0.5, 0.6) is 0 Å². The average Bonchev–Trinajstić information content (AvgIpc) is 2.68. The molecule has 1 aliphatic rings. The van der Waals surface area contributed by atoms with Gasteiger partial charge < -0.3 is 15.4 Å². The smallest absolute Gasteiger partial charge is 0.265 e. The molecule has 0 atom stereocenters. The summed E-state index contributed by atoms with van der Waals surface area (Å²) >= 11 is 1.48. The van der Waals surface area contributed by atoms with Crippen molar-refractivity contribution in [3.05, 3.63) is 75.9 Å². The maximum Gasteiger partial charge on any atom is 0.265 e. The molecule has 2 N–H and O–H groups in total. The van der Waals surface area contributed by atoms with E-state index in [2.05, 4.69) is 10.6 Å². The van der Waals surface area contributed by atoms with Gasteiger partial charge in [0.2, 0.25) is 0 Å². The van der Waals surface area contributed by atoms with E-state index in [1.54, 1.807) is 31.2 Å². The molecule has 0 aliphatic carbocycles. The molecule has 2 aromatic rings. The zero-order valence-corrected chi connectivity index (χ0v) is 16.2. The molecule has 3 rings (SSSR count). The Morgan fingerprint density at radius 1 is 1.07 bits per heavy atom. The molecule has 6 heteroatoms. The van der Waals surface area contributed by atoms with Crippen LogP contribution in [0.15, 0.2) is 59.2 Å². The molecule has 0 aromatic heterocycles. The van der Waals surface area contributed by atoms with Crippen molar-refractivity contribution in [1.29, 1.82) is 0 Å². The van der Waals surface area contributed by atoms with Gasteiger partial charge in [0.1, 0.15) is 10.7 Å². The van der Waals surface area contributed by atoms with Gasteiger partial charge in [0.15, 0.2) is 0 Å². The van der Waals surface area contributed by atoms with Crippen LogP contribution in [0.25, 0.3) is 0 Å². The highest BCUT2D eigenvalue weighted by Gasteiger charge is 2.19. The Bertz CT molecular complexity index is 875. The second-order valence-corrected chi connectivity index (χ2v) is 7.39. The molecule has 0 bridgehead atoms. The lowest BCUT2D eigenvalue weighted by Gasteiger charge is -2.17. The fourth-order valence-corrected chi connectivity index (χ4v) is 3.46. The number of thioether (sulfide) groups is 1. The molecule has 0 radical (unpaired) electrons. The lowest BCUT2D eigenvalue weighted by atomic mass is 10.1. The maximum absolute atomic E-state index is 12.4. The van der Waals surface area contributed by atoms with Gasteiger partial charge in [0.25, 0.3) is 11.8 Å². The standard InChI is InChI=1S/C21H22N2O3S/c1-14-6-8-16(9-7-14)13-22-20(24)17-4-3-5-18(12-17)23-21(25)19-15(2)26-10-11-27-19/h3-9,12H,10-11,13H2,1-2H3,(H,22,24)(H,23,25). The first-order chi connectivity index (χ1) is 13.0. The van der Waals surface area contributed by atoms with E-state index in [4.69, 9.17) is 4.74 Å². The Kier molecular flexibility index (Phi) is 6.19. The van der Waals surface area contributed by atoms with Crippen molar-refractivity contribution < 1.29 is 14.3 Å². The summed E-state index contributed by atoms with van der Waals surface area (Å²) < 4.78 is 5.43. The summed E-state index contributed by atoms with van der Waals surface area (Å²) in [6, 6.07) is 14.9. The summed E-state index contributed by atoms with van der Waals surface area (Å²) in [7, 11) is 0. The third-order valence-corrected chi connectivity index (χ3v) is 5.26. The summed E-state index contributed by atoms with van der Waals surface area (Å²) in [4.78, 5) is 25.4.